The van der Waals surface area contributed by atoms with Crippen molar-refractivity contribution in [3.8, 4) is 0 Å². The minimum atomic E-state index is -0.0218. The molecule has 3 N–H and O–H groups in total. The highest BCUT2D eigenvalue weighted by atomic mass is 14.9. The Morgan fingerprint density at radius 3 is 2.36 bits per heavy atom. The number of nitrogens with one attached hydrogen (secondary N) is 1. The van der Waals surface area contributed by atoms with Gasteiger partial charge in [0.2, 0.25) is 0 Å². The first kappa shape index (κ1) is 12.0. The summed E-state index contributed by atoms with van der Waals surface area (Å²) in [4.78, 5) is 0. The van der Waals surface area contributed by atoms with Crippen LogP contribution in [-0.4, -0.2) is 18.6 Å². The molecule has 1 saturated carbocycles. The lowest BCUT2D eigenvalue weighted by Crippen LogP contribution is -2.42. The van der Waals surface area contributed by atoms with Crippen LogP contribution in [0.5, 0.6) is 0 Å². The second kappa shape index (κ2) is 4.63. The van der Waals surface area contributed by atoms with Crippen LogP contribution in [0.3, 0.4) is 0 Å². The summed E-state index contributed by atoms with van der Waals surface area (Å²) in [7, 11) is 0. The normalized spacial score (nSPS) is 20.6. The van der Waals surface area contributed by atoms with E-state index in [0.29, 0.717) is 5.41 Å². The molecule has 0 atom stereocenters. The van der Waals surface area contributed by atoms with Crippen LogP contribution in [0.25, 0.3) is 0 Å². The first-order chi connectivity index (χ1) is 6.47. The minimum Gasteiger partial charge on any atom is -0.326 e. The molecule has 0 aromatic rings. The Morgan fingerprint density at radius 2 is 2.00 bits per heavy atom. The van der Waals surface area contributed by atoms with Crippen molar-refractivity contribution in [1.29, 1.82) is 0 Å². The molecule has 0 unspecified atom stereocenters. The smallest absolute Gasteiger partial charge is 0.0109 e. The van der Waals surface area contributed by atoms with E-state index in [1.54, 1.807) is 0 Å². The number of nitrogens with two attached hydrogens (primary N) is 1. The maximum Gasteiger partial charge on any atom is 0.0109 e. The van der Waals surface area contributed by atoms with Crippen molar-refractivity contribution in [3.63, 3.8) is 0 Å². The van der Waals surface area contributed by atoms with Crippen LogP contribution in [0.1, 0.15) is 52.9 Å². The minimum absolute atomic E-state index is 0.0218. The molecule has 84 valence electrons. The van der Waals surface area contributed by atoms with E-state index in [1.165, 1.54) is 32.2 Å². The predicted octanol–water partition coefficient (Wildman–Crippen LogP) is 2.28. The van der Waals surface area contributed by atoms with Gasteiger partial charge in [0, 0.05) is 12.1 Å². The molecule has 0 heterocycles. The Morgan fingerprint density at radius 1 is 1.36 bits per heavy atom. The standard InChI is InChI=1S/C12H26N2/c1-4-12(6-5-7-12)10-14-9-8-11(2,3)13/h14H,4-10,13H2,1-3H3. The van der Waals surface area contributed by atoms with Gasteiger partial charge in [0.1, 0.15) is 0 Å². The molecule has 14 heavy (non-hydrogen) atoms. The van der Waals surface area contributed by atoms with Gasteiger partial charge < -0.3 is 11.1 Å². The quantitative estimate of drug-likeness (QED) is 0.643. The number of rotatable bonds is 6. The summed E-state index contributed by atoms with van der Waals surface area (Å²) in [5, 5.41) is 3.56. The van der Waals surface area contributed by atoms with Crippen molar-refractivity contribution >= 4 is 0 Å². The lowest BCUT2D eigenvalue weighted by Gasteiger charge is -2.41. The van der Waals surface area contributed by atoms with Gasteiger partial charge in [-0.1, -0.05) is 13.3 Å². The molecule has 1 aliphatic rings. The summed E-state index contributed by atoms with van der Waals surface area (Å²) in [5.41, 5.74) is 6.54. The third kappa shape index (κ3) is 3.58. The van der Waals surface area contributed by atoms with Crippen molar-refractivity contribution in [3.05, 3.63) is 0 Å². The van der Waals surface area contributed by atoms with Gasteiger partial charge in [0.05, 0.1) is 0 Å². The maximum absolute atomic E-state index is 5.92. The van der Waals surface area contributed by atoms with Crippen LogP contribution in [0.4, 0.5) is 0 Å². The highest BCUT2D eigenvalue weighted by molar-refractivity contribution is 4.88. The summed E-state index contributed by atoms with van der Waals surface area (Å²) < 4.78 is 0. The predicted molar refractivity (Wildman–Crippen MR) is 62.3 cm³/mol. The van der Waals surface area contributed by atoms with E-state index in [2.05, 4.69) is 26.1 Å². The summed E-state index contributed by atoms with van der Waals surface area (Å²) in [6.07, 6.45) is 6.65. The zero-order valence-electron chi connectivity index (χ0n) is 10.0. The van der Waals surface area contributed by atoms with Gasteiger partial charge in [-0.3, -0.25) is 0 Å². The maximum atomic E-state index is 5.92. The van der Waals surface area contributed by atoms with Crippen molar-refractivity contribution in [1.82, 2.24) is 5.32 Å². The topological polar surface area (TPSA) is 38.0 Å². The summed E-state index contributed by atoms with van der Waals surface area (Å²) >= 11 is 0. The molecular formula is C12H26N2. The van der Waals surface area contributed by atoms with Crippen molar-refractivity contribution in [2.45, 2.75) is 58.4 Å². The van der Waals surface area contributed by atoms with Gasteiger partial charge in [-0.15, -0.1) is 0 Å². The van der Waals surface area contributed by atoms with Crippen LogP contribution < -0.4 is 11.1 Å². The molecule has 0 bridgehead atoms. The fourth-order valence-electron chi connectivity index (χ4n) is 2.10. The second-order valence-corrected chi connectivity index (χ2v) is 5.62. The first-order valence-corrected chi connectivity index (χ1v) is 5.97. The molecule has 0 saturated heterocycles. The van der Waals surface area contributed by atoms with Gasteiger partial charge in [0.25, 0.3) is 0 Å². The van der Waals surface area contributed by atoms with Crippen LogP contribution in [0.15, 0.2) is 0 Å². The SMILES string of the molecule is CCC1(CNCCC(C)(C)N)CCC1. The highest BCUT2D eigenvalue weighted by Crippen LogP contribution is 2.42. The van der Waals surface area contributed by atoms with E-state index in [1.807, 2.05) is 0 Å². The molecule has 0 radical (unpaired) electrons. The van der Waals surface area contributed by atoms with Crippen molar-refractivity contribution in [2.75, 3.05) is 13.1 Å². The molecule has 2 heteroatoms. The summed E-state index contributed by atoms with van der Waals surface area (Å²) in [6, 6.07) is 0. The van der Waals surface area contributed by atoms with E-state index in [-0.39, 0.29) is 5.54 Å². The number of hydrogen-bond donors (Lipinski definition) is 2. The van der Waals surface area contributed by atoms with Crippen LogP contribution in [0, 0.1) is 5.41 Å². The lowest BCUT2D eigenvalue weighted by molar-refractivity contribution is 0.123. The fourth-order valence-corrected chi connectivity index (χ4v) is 2.10. The summed E-state index contributed by atoms with van der Waals surface area (Å²) in [5.74, 6) is 0. The molecule has 2 nitrogen and oxygen atoms in total. The molecule has 0 spiro atoms. The molecule has 0 amide bonds. The van der Waals surface area contributed by atoms with Gasteiger partial charge in [-0.25, -0.2) is 0 Å². The van der Waals surface area contributed by atoms with E-state index in [9.17, 15) is 0 Å². The molecule has 1 rings (SSSR count). The average molecular weight is 198 g/mol. The van der Waals surface area contributed by atoms with Crippen LogP contribution >= 0.6 is 0 Å². The Hall–Kier alpha value is -0.0800. The van der Waals surface area contributed by atoms with Gasteiger partial charge in [0.15, 0.2) is 0 Å². The van der Waals surface area contributed by atoms with Crippen LogP contribution in [-0.2, 0) is 0 Å². The first-order valence-electron chi connectivity index (χ1n) is 5.97. The van der Waals surface area contributed by atoms with E-state index in [0.717, 1.165) is 13.0 Å². The Kier molecular flexibility index (Phi) is 3.96. The van der Waals surface area contributed by atoms with E-state index >= 15 is 0 Å². The average Bonchev–Trinajstić information content (AvgIpc) is 2.00. The van der Waals surface area contributed by atoms with Gasteiger partial charge in [-0.2, -0.15) is 0 Å². The zero-order chi connectivity index (χ0) is 10.7. The molecule has 0 aromatic carbocycles. The second-order valence-electron chi connectivity index (χ2n) is 5.62. The molecule has 1 aliphatic carbocycles. The monoisotopic (exact) mass is 198 g/mol. The van der Waals surface area contributed by atoms with Crippen molar-refractivity contribution < 1.29 is 0 Å². The third-order valence-electron chi connectivity index (χ3n) is 3.61. The third-order valence-corrected chi connectivity index (χ3v) is 3.61. The van der Waals surface area contributed by atoms with Gasteiger partial charge in [-0.05, 0) is 51.5 Å². The van der Waals surface area contributed by atoms with Gasteiger partial charge >= 0.3 is 0 Å². The highest BCUT2D eigenvalue weighted by Gasteiger charge is 2.34. The van der Waals surface area contributed by atoms with Crippen molar-refractivity contribution in [2.24, 2.45) is 11.1 Å². The van der Waals surface area contributed by atoms with E-state index in [4.69, 9.17) is 5.73 Å². The molecule has 1 fully saturated rings. The fraction of sp³-hybridized carbons (Fsp3) is 1.00. The Labute approximate surface area is 88.6 Å². The Bertz CT molecular complexity index is 160. The molecule has 0 aliphatic heterocycles. The zero-order valence-corrected chi connectivity index (χ0v) is 10.0. The van der Waals surface area contributed by atoms with Crippen LogP contribution in [0.2, 0.25) is 0 Å². The lowest BCUT2D eigenvalue weighted by atomic mass is 9.67. The largest absolute Gasteiger partial charge is 0.326 e. The Balaban J connectivity index is 2.09. The summed E-state index contributed by atoms with van der Waals surface area (Å²) in [6.45, 7) is 8.75. The van der Waals surface area contributed by atoms with E-state index < -0.39 is 0 Å². The molecular weight excluding hydrogens is 172 g/mol. The number of hydrogen-bond acceptors (Lipinski definition) is 2. The molecule has 0 aromatic heterocycles.